The fourth-order valence-electron chi connectivity index (χ4n) is 1.95. The summed E-state index contributed by atoms with van der Waals surface area (Å²) in [6.45, 7) is 8.16. The third kappa shape index (κ3) is 4.44. The normalized spacial score (nSPS) is 22.1. The molecule has 116 valence electrons. The Bertz CT molecular complexity index is 532. The van der Waals surface area contributed by atoms with Gasteiger partial charge in [0.25, 0.3) is 0 Å². The summed E-state index contributed by atoms with van der Waals surface area (Å²) in [5.41, 5.74) is -0.102. The van der Waals surface area contributed by atoms with E-state index in [2.05, 4.69) is 5.32 Å². The van der Waals surface area contributed by atoms with Gasteiger partial charge in [0.05, 0.1) is 6.61 Å². The van der Waals surface area contributed by atoms with Gasteiger partial charge in [-0.15, -0.1) is 0 Å². The number of rotatable bonds is 5. The van der Waals surface area contributed by atoms with E-state index in [0.717, 1.165) is 5.57 Å². The molecule has 0 saturated carbocycles. The van der Waals surface area contributed by atoms with Gasteiger partial charge >= 0.3 is 5.97 Å². The van der Waals surface area contributed by atoms with E-state index in [-0.39, 0.29) is 18.4 Å². The van der Waals surface area contributed by atoms with Gasteiger partial charge in [-0.1, -0.05) is 5.57 Å². The van der Waals surface area contributed by atoms with Gasteiger partial charge in [-0.3, -0.25) is 14.4 Å². The Kier molecular flexibility index (Phi) is 5.29. The maximum absolute atomic E-state index is 12.0. The zero-order valence-corrected chi connectivity index (χ0v) is 13.0. The Labute approximate surface area is 124 Å². The summed E-state index contributed by atoms with van der Waals surface area (Å²) in [6, 6.07) is 0. The first-order valence-corrected chi connectivity index (χ1v) is 6.69. The van der Waals surface area contributed by atoms with Crippen molar-refractivity contribution < 1.29 is 23.9 Å². The molecule has 1 amide bonds. The van der Waals surface area contributed by atoms with Crippen LogP contribution >= 0.6 is 0 Å². The maximum atomic E-state index is 12.0. The molecular weight excluding hydrogens is 274 g/mol. The van der Waals surface area contributed by atoms with Crippen molar-refractivity contribution in [1.82, 2.24) is 5.32 Å². The zero-order valence-electron chi connectivity index (χ0n) is 13.0. The van der Waals surface area contributed by atoms with Crippen molar-refractivity contribution in [2.75, 3.05) is 6.61 Å². The number of nitrogens with one attached hydrogen (secondary N) is 1. The summed E-state index contributed by atoms with van der Waals surface area (Å²) in [6.07, 6.45) is 1.82. The highest BCUT2D eigenvalue weighted by atomic mass is 16.5. The molecule has 0 radical (unpaired) electrons. The standard InChI is InChI=1S/C15H21NO5/c1-9(6-7-20-12(4)17)8-13(18)16-15(5)14(19)10(2)11(3)21-15/h8H,6-7H2,1-5H3,(H,16,18)/b9-8+/t15-/m1/s1. The number of Topliss-reactive ketones (excluding diaryl/α,β-unsaturated/α-hetero) is 1. The average Bonchev–Trinajstić information content (AvgIpc) is 2.52. The number of hydrogen-bond donors (Lipinski definition) is 1. The van der Waals surface area contributed by atoms with E-state index < -0.39 is 11.6 Å². The molecule has 1 N–H and O–H groups in total. The average molecular weight is 295 g/mol. The number of allylic oxidation sites excluding steroid dienone is 1. The van der Waals surface area contributed by atoms with Crippen molar-refractivity contribution in [3.8, 4) is 0 Å². The van der Waals surface area contributed by atoms with Crippen LogP contribution in [0.15, 0.2) is 23.0 Å². The van der Waals surface area contributed by atoms with Gasteiger partial charge < -0.3 is 14.8 Å². The highest BCUT2D eigenvalue weighted by Crippen LogP contribution is 2.27. The lowest BCUT2D eigenvalue weighted by molar-refractivity contribution is -0.140. The monoisotopic (exact) mass is 295 g/mol. The second-order valence-electron chi connectivity index (χ2n) is 5.22. The van der Waals surface area contributed by atoms with Crippen molar-refractivity contribution in [2.45, 2.75) is 46.8 Å². The third-order valence-electron chi connectivity index (χ3n) is 3.20. The molecule has 0 saturated heterocycles. The molecule has 0 aromatic carbocycles. The van der Waals surface area contributed by atoms with Crippen LogP contribution in [0.3, 0.4) is 0 Å². The van der Waals surface area contributed by atoms with Crippen LogP contribution in [0.2, 0.25) is 0 Å². The van der Waals surface area contributed by atoms with Gasteiger partial charge in [0, 0.05) is 31.9 Å². The van der Waals surface area contributed by atoms with Crippen LogP contribution < -0.4 is 5.32 Å². The van der Waals surface area contributed by atoms with Crippen molar-refractivity contribution in [2.24, 2.45) is 0 Å². The summed E-state index contributed by atoms with van der Waals surface area (Å²) in [4.78, 5) is 34.6. The smallest absolute Gasteiger partial charge is 0.302 e. The lowest BCUT2D eigenvalue weighted by atomic mass is 10.1. The summed E-state index contributed by atoms with van der Waals surface area (Å²) in [7, 11) is 0. The Hall–Kier alpha value is -2.11. The Morgan fingerprint density at radius 1 is 1.33 bits per heavy atom. The number of ether oxygens (including phenoxy) is 2. The molecule has 0 aromatic heterocycles. The second kappa shape index (κ2) is 6.56. The quantitative estimate of drug-likeness (QED) is 0.615. The molecular formula is C15H21NO5. The largest absolute Gasteiger partial charge is 0.466 e. The third-order valence-corrected chi connectivity index (χ3v) is 3.20. The molecule has 0 aromatic rings. The first-order valence-electron chi connectivity index (χ1n) is 6.69. The van der Waals surface area contributed by atoms with E-state index in [1.54, 1.807) is 20.8 Å². The number of carbonyl (C=O) groups excluding carboxylic acids is 3. The van der Waals surface area contributed by atoms with E-state index >= 15 is 0 Å². The van der Waals surface area contributed by atoms with Gasteiger partial charge in [0.2, 0.25) is 17.4 Å². The molecule has 0 unspecified atom stereocenters. The lowest BCUT2D eigenvalue weighted by Gasteiger charge is -2.24. The maximum Gasteiger partial charge on any atom is 0.302 e. The number of amides is 1. The number of esters is 1. The van der Waals surface area contributed by atoms with Gasteiger partial charge in [0.15, 0.2) is 0 Å². The van der Waals surface area contributed by atoms with Crippen molar-refractivity contribution >= 4 is 17.7 Å². The molecule has 0 fully saturated rings. The molecule has 21 heavy (non-hydrogen) atoms. The van der Waals surface area contributed by atoms with E-state index in [1.807, 2.05) is 0 Å². The van der Waals surface area contributed by atoms with Crippen LogP contribution in [0.25, 0.3) is 0 Å². The van der Waals surface area contributed by atoms with E-state index in [0.29, 0.717) is 17.8 Å². The van der Waals surface area contributed by atoms with Crippen LogP contribution in [0.5, 0.6) is 0 Å². The molecule has 6 heteroatoms. The van der Waals surface area contributed by atoms with Gasteiger partial charge in [-0.2, -0.15) is 0 Å². The van der Waals surface area contributed by atoms with Crippen molar-refractivity contribution in [3.63, 3.8) is 0 Å². The number of ketones is 1. The molecule has 6 nitrogen and oxygen atoms in total. The topological polar surface area (TPSA) is 81.7 Å². The molecule has 1 atom stereocenters. The summed E-state index contributed by atoms with van der Waals surface area (Å²) in [5, 5.41) is 2.56. The minimum absolute atomic E-state index is 0.220. The molecule has 1 aliphatic heterocycles. The van der Waals surface area contributed by atoms with Gasteiger partial charge in [-0.25, -0.2) is 0 Å². The predicted molar refractivity (Wildman–Crippen MR) is 76.0 cm³/mol. The molecule has 1 heterocycles. The minimum Gasteiger partial charge on any atom is -0.466 e. The van der Waals surface area contributed by atoms with Crippen LogP contribution in [-0.2, 0) is 23.9 Å². The summed E-state index contributed by atoms with van der Waals surface area (Å²) < 4.78 is 10.2. The van der Waals surface area contributed by atoms with E-state index in [1.165, 1.54) is 19.9 Å². The molecule has 0 aliphatic carbocycles. The van der Waals surface area contributed by atoms with Crippen LogP contribution in [0, 0.1) is 0 Å². The number of hydrogen-bond acceptors (Lipinski definition) is 5. The lowest BCUT2D eigenvalue weighted by Crippen LogP contribution is -2.51. The minimum atomic E-state index is -1.35. The Morgan fingerprint density at radius 2 is 1.95 bits per heavy atom. The van der Waals surface area contributed by atoms with Gasteiger partial charge in [-0.05, 0) is 20.8 Å². The molecule has 0 bridgehead atoms. The highest BCUT2D eigenvalue weighted by molar-refractivity contribution is 6.06. The van der Waals surface area contributed by atoms with Crippen molar-refractivity contribution in [3.05, 3.63) is 23.0 Å². The second-order valence-corrected chi connectivity index (χ2v) is 5.22. The summed E-state index contributed by atoms with van der Waals surface area (Å²) in [5.74, 6) is -0.520. The SMILES string of the molecule is CC(=O)OCC/C(C)=C/C(=O)N[C@]1(C)OC(C)=C(C)C1=O. The first-order chi connectivity index (χ1) is 9.65. The van der Waals surface area contributed by atoms with E-state index in [4.69, 9.17) is 9.47 Å². The van der Waals surface area contributed by atoms with Gasteiger partial charge in [0.1, 0.15) is 5.76 Å². The predicted octanol–water partition coefficient (Wildman–Crippen LogP) is 1.61. The Morgan fingerprint density at radius 3 is 2.43 bits per heavy atom. The fourth-order valence-corrected chi connectivity index (χ4v) is 1.95. The molecule has 0 spiro atoms. The van der Waals surface area contributed by atoms with Crippen molar-refractivity contribution in [1.29, 1.82) is 0 Å². The first kappa shape index (κ1) is 16.9. The zero-order chi connectivity index (χ0) is 16.2. The molecule has 1 aliphatic rings. The summed E-state index contributed by atoms with van der Waals surface area (Å²) >= 11 is 0. The Balaban J connectivity index is 2.58. The molecule has 1 rings (SSSR count). The fraction of sp³-hybridized carbons (Fsp3) is 0.533. The van der Waals surface area contributed by atoms with Crippen LogP contribution in [-0.4, -0.2) is 30.0 Å². The van der Waals surface area contributed by atoms with Crippen LogP contribution in [0.4, 0.5) is 0 Å². The highest BCUT2D eigenvalue weighted by Gasteiger charge is 2.43. The van der Waals surface area contributed by atoms with E-state index in [9.17, 15) is 14.4 Å². The van der Waals surface area contributed by atoms with Crippen LogP contribution in [0.1, 0.15) is 41.0 Å². The number of carbonyl (C=O) groups is 3.